The molecule has 21 heavy (non-hydrogen) atoms. The van der Waals surface area contributed by atoms with E-state index in [0.717, 1.165) is 29.9 Å². The maximum Gasteiger partial charge on any atom is 0.165 e. The van der Waals surface area contributed by atoms with Crippen molar-refractivity contribution in [1.82, 2.24) is 9.97 Å². The standard InChI is InChI=1S/C16H18ClN3O/c1-18-15-11-5-3-4-6-13(11)19-16(20-15)12-8-7-10(17)9-14(12)21-2/h7-9H,3-6H2,1-2H3,(H,18,19,20). The molecule has 1 aromatic heterocycles. The van der Waals surface area contributed by atoms with Gasteiger partial charge in [-0.3, -0.25) is 0 Å². The fraction of sp³-hybridized carbons (Fsp3) is 0.375. The molecule has 0 atom stereocenters. The van der Waals surface area contributed by atoms with E-state index in [-0.39, 0.29) is 0 Å². The molecule has 0 radical (unpaired) electrons. The summed E-state index contributed by atoms with van der Waals surface area (Å²) >= 11 is 6.02. The summed E-state index contributed by atoms with van der Waals surface area (Å²) in [4.78, 5) is 9.42. The Labute approximate surface area is 129 Å². The van der Waals surface area contributed by atoms with Gasteiger partial charge in [0.1, 0.15) is 11.6 Å². The normalized spacial score (nSPS) is 13.7. The Morgan fingerprint density at radius 1 is 1.19 bits per heavy atom. The molecule has 0 saturated heterocycles. The zero-order valence-corrected chi connectivity index (χ0v) is 13.0. The van der Waals surface area contributed by atoms with Gasteiger partial charge in [-0.2, -0.15) is 0 Å². The maximum atomic E-state index is 6.02. The molecular weight excluding hydrogens is 286 g/mol. The van der Waals surface area contributed by atoms with Gasteiger partial charge in [-0.05, 0) is 43.9 Å². The zero-order valence-electron chi connectivity index (χ0n) is 12.2. The molecule has 1 aromatic carbocycles. The molecule has 1 heterocycles. The molecule has 1 N–H and O–H groups in total. The Morgan fingerprint density at radius 3 is 2.76 bits per heavy atom. The monoisotopic (exact) mass is 303 g/mol. The molecule has 0 bridgehead atoms. The number of fused-ring (bicyclic) bond motifs is 1. The molecule has 2 aromatic rings. The van der Waals surface area contributed by atoms with Gasteiger partial charge in [0, 0.05) is 23.3 Å². The average molecular weight is 304 g/mol. The lowest BCUT2D eigenvalue weighted by Gasteiger charge is -2.19. The molecule has 0 spiro atoms. The number of nitrogens with zero attached hydrogens (tertiary/aromatic N) is 2. The topological polar surface area (TPSA) is 47.0 Å². The van der Waals surface area contributed by atoms with E-state index < -0.39 is 0 Å². The molecule has 0 unspecified atom stereocenters. The van der Waals surface area contributed by atoms with Crippen molar-refractivity contribution in [2.45, 2.75) is 25.7 Å². The third-order valence-corrected chi connectivity index (χ3v) is 4.06. The van der Waals surface area contributed by atoms with Crippen molar-refractivity contribution in [2.75, 3.05) is 19.5 Å². The van der Waals surface area contributed by atoms with Crippen molar-refractivity contribution in [1.29, 1.82) is 0 Å². The van der Waals surface area contributed by atoms with Crippen molar-refractivity contribution in [3.8, 4) is 17.1 Å². The second kappa shape index (κ2) is 5.90. The Balaban J connectivity index is 2.15. The number of aromatic nitrogens is 2. The molecule has 110 valence electrons. The van der Waals surface area contributed by atoms with E-state index in [0.29, 0.717) is 16.6 Å². The lowest BCUT2D eigenvalue weighted by Crippen LogP contribution is -2.12. The summed E-state index contributed by atoms with van der Waals surface area (Å²) in [7, 11) is 3.53. The molecule has 5 heteroatoms. The zero-order chi connectivity index (χ0) is 14.8. The first-order valence-corrected chi connectivity index (χ1v) is 7.52. The van der Waals surface area contributed by atoms with E-state index in [4.69, 9.17) is 21.3 Å². The van der Waals surface area contributed by atoms with Gasteiger partial charge in [0.15, 0.2) is 5.82 Å². The predicted octanol–water partition coefficient (Wildman–Crippen LogP) is 3.73. The predicted molar refractivity (Wildman–Crippen MR) is 85.2 cm³/mol. The molecule has 0 saturated carbocycles. The van der Waals surface area contributed by atoms with Crippen LogP contribution in [0.15, 0.2) is 18.2 Å². The number of aryl methyl sites for hydroxylation is 1. The third-order valence-electron chi connectivity index (χ3n) is 3.82. The quantitative estimate of drug-likeness (QED) is 0.938. The molecule has 0 aliphatic heterocycles. The van der Waals surface area contributed by atoms with Crippen LogP contribution in [0.25, 0.3) is 11.4 Å². The van der Waals surface area contributed by atoms with Gasteiger partial charge >= 0.3 is 0 Å². The van der Waals surface area contributed by atoms with Crippen LogP contribution < -0.4 is 10.1 Å². The van der Waals surface area contributed by atoms with Crippen molar-refractivity contribution in [3.05, 3.63) is 34.5 Å². The van der Waals surface area contributed by atoms with Crippen LogP contribution in [-0.4, -0.2) is 24.1 Å². The second-order valence-corrected chi connectivity index (χ2v) is 5.56. The molecular formula is C16H18ClN3O. The van der Waals surface area contributed by atoms with Gasteiger partial charge in [0.05, 0.1) is 12.7 Å². The van der Waals surface area contributed by atoms with Gasteiger partial charge in [0.2, 0.25) is 0 Å². The second-order valence-electron chi connectivity index (χ2n) is 5.12. The summed E-state index contributed by atoms with van der Waals surface area (Å²) in [5, 5.41) is 3.84. The third kappa shape index (κ3) is 2.68. The van der Waals surface area contributed by atoms with E-state index >= 15 is 0 Å². The van der Waals surface area contributed by atoms with Gasteiger partial charge in [0.25, 0.3) is 0 Å². The number of methoxy groups -OCH3 is 1. The Hall–Kier alpha value is -1.81. The number of hydrogen-bond donors (Lipinski definition) is 1. The van der Waals surface area contributed by atoms with Crippen LogP contribution in [0.3, 0.4) is 0 Å². The van der Waals surface area contributed by atoms with Crippen LogP contribution in [0.2, 0.25) is 5.02 Å². The van der Waals surface area contributed by atoms with Crippen molar-refractivity contribution < 1.29 is 4.74 Å². The molecule has 0 fully saturated rings. The Morgan fingerprint density at radius 2 is 2.00 bits per heavy atom. The van der Waals surface area contributed by atoms with Gasteiger partial charge < -0.3 is 10.1 Å². The molecule has 4 nitrogen and oxygen atoms in total. The Kier molecular flexibility index (Phi) is 3.97. The van der Waals surface area contributed by atoms with Crippen LogP contribution in [-0.2, 0) is 12.8 Å². The molecule has 1 aliphatic carbocycles. The summed E-state index contributed by atoms with van der Waals surface area (Å²) in [5.74, 6) is 2.31. The van der Waals surface area contributed by atoms with E-state index in [1.54, 1.807) is 13.2 Å². The summed E-state index contributed by atoms with van der Waals surface area (Å²) in [6.07, 6.45) is 4.44. The minimum absolute atomic E-state index is 0.641. The molecule has 0 amide bonds. The highest BCUT2D eigenvalue weighted by Crippen LogP contribution is 2.33. The van der Waals surface area contributed by atoms with E-state index in [9.17, 15) is 0 Å². The number of nitrogens with one attached hydrogen (secondary N) is 1. The SMILES string of the molecule is CNc1nc(-c2ccc(Cl)cc2OC)nc2c1CCCC2. The highest BCUT2D eigenvalue weighted by atomic mass is 35.5. The van der Waals surface area contributed by atoms with Gasteiger partial charge in [-0.25, -0.2) is 9.97 Å². The number of hydrogen-bond acceptors (Lipinski definition) is 4. The van der Waals surface area contributed by atoms with Crippen molar-refractivity contribution in [3.63, 3.8) is 0 Å². The number of anilines is 1. The van der Waals surface area contributed by atoms with Gasteiger partial charge in [-0.15, -0.1) is 0 Å². The first-order chi connectivity index (χ1) is 10.2. The average Bonchev–Trinajstić information content (AvgIpc) is 2.53. The smallest absolute Gasteiger partial charge is 0.165 e. The van der Waals surface area contributed by atoms with Crippen LogP contribution in [0.4, 0.5) is 5.82 Å². The van der Waals surface area contributed by atoms with E-state index in [1.807, 2.05) is 19.2 Å². The number of benzene rings is 1. The lowest BCUT2D eigenvalue weighted by atomic mass is 9.96. The minimum Gasteiger partial charge on any atom is -0.496 e. The highest BCUT2D eigenvalue weighted by Gasteiger charge is 2.19. The fourth-order valence-corrected chi connectivity index (χ4v) is 2.93. The van der Waals surface area contributed by atoms with Gasteiger partial charge in [-0.1, -0.05) is 11.6 Å². The van der Waals surface area contributed by atoms with E-state index in [1.165, 1.54) is 18.4 Å². The minimum atomic E-state index is 0.641. The summed E-state index contributed by atoms with van der Waals surface area (Å²) in [6.45, 7) is 0. The van der Waals surface area contributed by atoms with Crippen LogP contribution in [0, 0.1) is 0 Å². The number of ether oxygens (including phenoxy) is 1. The summed E-state index contributed by atoms with van der Waals surface area (Å²) in [5.41, 5.74) is 3.26. The van der Waals surface area contributed by atoms with Crippen LogP contribution in [0.1, 0.15) is 24.1 Å². The van der Waals surface area contributed by atoms with Crippen LogP contribution in [0.5, 0.6) is 5.75 Å². The molecule has 3 rings (SSSR count). The van der Waals surface area contributed by atoms with Crippen LogP contribution >= 0.6 is 11.6 Å². The fourth-order valence-electron chi connectivity index (χ4n) is 2.77. The Bertz CT molecular complexity index is 656. The maximum absolute atomic E-state index is 6.02. The van der Waals surface area contributed by atoms with Crippen molar-refractivity contribution in [2.24, 2.45) is 0 Å². The first kappa shape index (κ1) is 14.1. The number of rotatable bonds is 3. The highest BCUT2D eigenvalue weighted by molar-refractivity contribution is 6.30. The lowest BCUT2D eigenvalue weighted by molar-refractivity contribution is 0.416. The van der Waals surface area contributed by atoms with E-state index in [2.05, 4.69) is 10.3 Å². The largest absolute Gasteiger partial charge is 0.496 e. The molecule has 1 aliphatic rings. The summed E-state index contributed by atoms with van der Waals surface area (Å²) in [6, 6.07) is 5.53. The van der Waals surface area contributed by atoms with Crippen molar-refractivity contribution >= 4 is 17.4 Å². The first-order valence-electron chi connectivity index (χ1n) is 7.14. The summed E-state index contributed by atoms with van der Waals surface area (Å²) < 4.78 is 5.41. The number of halogens is 1.